The third kappa shape index (κ3) is 4.32. The van der Waals surface area contributed by atoms with Gasteiger partial charge in [-0.15, -0.1) is 0 Å². The average Bonchev–Trinajstić information content (AvgIpc) is 3.59. The standard InChI is InChI=1S/C21H23N7O.C2H6/c1-29-18-9-19-24-12-17(28(19)27-20(18)13-4-5-13)16-7-6-14(10-22)21(26-16)25-15-3-2-8-23-11-15;1-2/h6-7,9,12-13,15,23H,2-5,8,11H2,1H3,(H,25,26);1-2H3. The highest BCUT2D eigenvalue weighted by Crippen LogP contribution is 2.43. The third-order valence-corrected chi connectivity index (χ3v) is 5.58. The number of pyridine rings is 1. The van der Waals surface area contributed by atoms with Gasteiger partial charge in [0.1, 0.15) is 29.0 Å². The first-order chi connectivity index (χ1) is 15.3. The molecular formula is C23H29N7O. The van der Waals surface area contributed by atoms with Gasteiger partial charge in [-0.2, -0.15) is 10.4 Å². The van der Waals surface area contributed by atoms with Crippen molar-refractivity contribution < 1.29 is 4.74 Å². The van der Waals surface area contributed by atoms with Crippen molar-refractivity contribution in [2.24, 2.45) is 0 Å². The number of ether oxygens (including phenoxy) is 1. The monoisotopic (exact) mass is 419 g/mol. The molecule has 4 heterocycles. The van der Waals surface area contributed by atoms with Gasteiger partial charge in [-0.3, -0.25) is 0 Å². The predicted octanol–water partition coefficient (Wildman–Crippen LogP) is 3.74. The normalized spacial score (nSPS) is 18.1. The fourth-order valence-corrected chi connectivity index (χ4v) is 3.86. The minimum atomic E-state index is 0.268. The highest BCUT2D eigenvalue weighted by molar-refractivity contribution is 5.65. The lowest BCUT2D eigenvalue weighted by Crippen LogP contribution is -2.38. The van der Waals surface area contributed by atoms with Crippen molar-refractivity contribution >= 4 is 11.5 Å². The molecule has 3 aromatic heterocycles. The molecule has 2 N–H and O–H groups in total. The van der Waals surface area contributed by atoms with Crippen molar-refractivity contribution in [3.8, 4) is 23.2 Å². The zero-order valence-corrected chi connectivity index (χ0v) is 18.4. The van der Waals surface area contributed by atoms with Crippen LogP contribution in [0.3, 0.4) is 0 Å². The Morgan fingerprint density at radius 3 is 2.77 bits per heavy atom. The number of methoxy groups -OCH3 is 1. The van der Waals surface area contributed by atoms with Gasteiger partial charge in [-0.1, -0.05) is 13.8 Å². The maximum atomic E-state index is 9.51. The van der Waals surface area contributed by atoms with Crippen molar-refractivity contribution in [3.05, 3.63) is 35.7 Å². The first-order valence-corrected chi connectivity index (χ1v) is 11.1. The molecule has 0 bridgehead atoms. The summed E-state index contributed by atoms with van der Waals surface area (Å²) in [6.45, 7) is 5.91. The SMILES string of the molecule is CC.COc1cc2ncc(-c3ccc(C#N)c(NC4CCCNC4)n3)n2nc1C1CC1. The number of nitrogens with zero attached hydrogens (tertiary/aromatic N) is 5. The summed E-state index contributed by atoms with van der Waals surface area (Å²) in [5.74, 6) is 1.86. The van der Waals surface area contributed by atoms with Crippen LogP contribution < -0.4 is 15.4 Å². The second kappa shape index (κ2) is 9.31. The molecule has 1 aliphatic carbocycles. The molecule has 8 nitrogen and oxygen atoms in total. The van der Waals surface area contributed by atoms with Crippen molar-refractivity contribution in [1.29, 1.82) is 5.26 Å². The van der Waals surface area contributed by atoms with E-state index in [2.05, 4.69) is 21.7 Å². The van der Waals surface area contributed by atoms with Gasteiger partial charge in [0, 0.05) is 24.6 Å². The number of hydrogen-bond acceptors (Lipinski definition) is 7. The molecule has 1 atom stereocenters. The van der Waals surface area contributed by atoms with E-state index in [0.29, 0.717) is 17.3 Å². The average molecular weight is 420 g/mol. The summed E-state index contributed by atoms with van der Waals surface area (Å²) in [5, 5.41) is 21.2. The van der Waals surface area contributed by atoms with Crippen molar-refractivity contribution in [3.63, 3.8) is 0 Å². The van der Waals surface area contributed by atoms with Gasteiger partial charge in [0.05, 0.1) is 24.6 Å². The Hall–Kier alpha value is -3.18. The van der Waals surface area contributed by atoms with Gasteiger partial charge in [-0.05, 0) is 44.4 Å². The van der Waals surface area contributed by atoms with Crippen LogP contribution in [0.25, 0.3) is 17.0 Å². The van der Waals surface area contributed by atoms with Crippen molar-refractivity contribution in [2.45, 2.75) is 51.5 Å². The molecule has 5 rings (SSSR count). The van der Waals surface area contributed by atoms with Crippen LogP contribution in [0.15, 0.2) is 24.4 Å². The highest BCUT2D eigenvalue weighted by Gasteiger charge is 2.30. The molecule has 0 radical (unpaired) electrons. The summed E-state index contributed by atoms with van der Waals surface area (Å²) in [6, 6.07) is 8.11. The number of nitrogens with one attached hydrogen (secondary N) is 2. The third-order valence-electron chi connectivity index (χ3n) is 5.58. The Morgan fingerprint density at radius 1 is 1.26 bits per heavy atom. The molecule has 0 aromatic carbocycles. The largest absolute Gasteiger partial charge is 0.495 e. The van der Waals surface area contributed by atoms with Gasteiger partial charge < -0.3 is 15.4 Å². The molecule has 162 valence electrons. The molecular weight excluding hydrogens is 390 g/mol. The minimum Gasteiger partial charge on any atom is -0.495 e. The summed E-state index contributed by atoms with van der Waals surface area (Å²) in [7, 11) is 1.67. The fourth-order valence-electron chi connectivity index (χ4n) is 3.86. The number of rotatable bonds is 5. The molecule has 1 saturated heterocycles. The zero-order chi connectivity index (χ0) is 21.8. The van der Waals surface area contributed by atoms with Gasteiger partial charge in [0.15, 0.2) is 5.65 Å². The lowest BCUT2D eigenvalue weighted by Gasteiger charge is -2.24. The summed E-state index contributed by atoms with van der Waals surface area (Å²) in [4.78, 5) is 9.27. The molecule has 1 saturated carbocycles. The fraction of sp³-hybridized carbons (Fsp3) is 0.478. The first kappa shape index (κ1) is 21.1. The second-order valence-electron chi connectivity index (χ2n) is 7.68. The van der Waals surface area contributed by atoms with Gasteiger partial charge in [0.25, 0.3) is 0 Å². The van der Waals surface area contributed by atoms with Crippen LogP contribution in [0.2, 0.25) is 0 Å². The van der Waals surface area contributed by atoms with E-state index in [9.17, 15) is 5.26 Å². The molecule has 2 aliphatic rings. The summed E-state index contributed by atoms with van der Waals surface area (Å²) < 4.78 is 7.35. The van der Waals surface area contributed by atoms with Gasteiger partial charge in [-0.25, -0.2) is 14.5 Å². The molecule has 0 spiro atoms. The number of fused-ring (bicyclic) bond motifs is 1. The Balaban J connectivity index is 0.00000112. The number of anilines is 1. The van der Waals surface area contributed by atoms with E-state index in [-0.39, 0.29) is 6.04 Å². The quantitative estimate of drug-likeness (QED) is 0.650. The molecule has 1 unspecified atom stereocenters. The lowest BCUT2D eigenvalue weighted by atomic mass is 10.1. The Bertz CT molecular complexity index is 1090. The Morgan fingerprint density at radius 2 is 2.10 bits per heavy atom. The molecule has 8 heteroatoms. The zero-order valence-electron chi connectivity index (χ0n) is 18.4. The predicted molar refractivity (Wildman–Crippen MR) is 120 cm³/mol. The van der Waals surface area contributed by atoms with E-state index in [1.54, 1.807) is 13.3 Å². The Kier molecular flexibility index (Phi) is 6.33. The van der Waals surface area contributed by atoms with Crippen LogP contribution in [-0.2, 0) is 0 Å². The van der Waals surface area contributed by atoms with Crippen molar-refractivity contribution in [2.75, 3.05) is 25.5 Å². The minimum absolute atomic E-state index is 0.268. The summed E-state index contributed by atoms with van der Waals surface area (Å²) >= 11 is 0. The first-order valence-electron chi connectivity index (χ1n) is 11.1. The van der Waals surface area contributed by atoms with Crippen LogP contribution in [0, 0.1) is 11.3 Å². The Labute approximate surface area is 182 Å². The molecule has 31 heavy (non-hydrogen) atoms. The van der Waals surface area contributed by atoms with E-state index in [0.717, 1.165) is 67.3 Å². The molecule has 0 amide bonds. The summed E-state index contributed by atoms with van der Waals surface area (Å²) in [6.07, 6.45) is 6.22. The van der Waals surface area contributed by atoms with E-state index in [1.165, 1.54) is 0 Å². The van der Waals surface area contributed by atoms with E-state index in [4.69, 9.17) is 14.8 Å². The highest BCUT2D eigenvalue weighted by atomic mass is 16.5. The van der Waals surface area contributed by atoms with E-state index >= 15 is 0 Å². The lowest BCUT2D eigenvalue weighted by molar-refractivity contribution is 0.405. The molecule has 1 aliphatic heterocycles. The van der Waals surface area contributed by atoms with Gasteiger partial charge in [0.2, 0.25) is 0 Å². The number of imidazole rings is 1. The topological polar surface area (TPSA) is 100 Å². The van der Waals surface area contributed by atoms with E-state index < -0.39 is 0 Å². The van der Waals surface area contributed by atoms with Gasteiger partial charge >= 0.3 is 0 Å². The van der Waals surface area contributed by atoms with Crippen LogP contribution in [0.5, 0.6) is 5.75 Å². The molecule has 3 aromatic rings. The maximum Gasteiger partial charge on any atom is 0.157 e. The smallest absolute Gasteiger partial charge is 0.157 e. The van der Waals surface area contributed by atoms with Crippen LogP contribution in [-0.4, -0.2) is 45.8 Å². The molecule has 2 fully saturated rings. The van der Waals surface area contributed by atoms with Crippen LogP contribution >= 0.6 is 0 Å². The van der Waals surface area contributed by atoms with Crippen LogP contribution in [0.4, 0.5) is 5.82 Å². The van der Waals surface area contributed by atoms with Crippen molar-refractivity contribution in [1.82, 2.24) is 24.9 Å². The summed E-state index contributed by atoms with van der Waals surface area (Å²) in [5.41, 5.74) is 3.78. The second-order valence-corrected chi connectivity index (χ2v) is 7.68. The number of nitriles is 1. The maximum absolute atomic E-state index is 9.51. The number of aromatic nitrogens is 4. The van der Waals surface area contributed by atoms with Crippen LogP contribution in [0.1, 0.15) is 56.7 Å². The number of hydrogen-bond donors (Lipinski definition) is 2. The van der Waals surface area contributed by atoms with E-state index in [1.807, 2.05) is 36.6 Å². The number of piperidine rings is 1.